The number of hydrogen-bond acceptors (Lipinski definition) is 4. The fraction of sp³-hybridized carbons (Fsp3) is 0.0714. The number of hydrogen-bond donors (Lipinski definition) is 0. The summed E-state index contributed by atoms with van der Waals surface area (Å²) in [6.07, 6.45) is 0. The van der Waals surface area contributed by atoms with Gasteiger partial charge in [-0.2, -0.15) is 4.68 Å². The number of ether oxygens (including phenoxy) is 1. The molecule has 0 fully saturated rings. The molecule has 0 aliphatic rings. The quantitative estimate of drug-likeness (QED) is 0.743. The molecule has 0 unspecified atom stereocenters. The third kappa shape index (κ3) is 2.84. The Hall–Kier alpha value is -2.11. The van der Waals surface area contributed by atoms with E-state index in [1.54, 1.807) is 42.5 Å². The molecule has 0 bridgehead atoms. The van der Waals surface area contributed by atoms with Crippen molar-refractivity contribution in [1.82, 2.24) is 15.0 Å². The maximum atomic E-state index is 12.2. The van der Waals surface area contributed by atoms with Crippen molar-refractivity contribution in [1.29, 1.82) is 0 Å². The van der Waals surface area contributed by atoms with Crippen molar-refractivity contribution in [3.8, 4) is 5.75 Å². The Morgan fingerprint density at radius 2 is 1.95 bits per heavy atom. The minimum Gasteiger partial charge on any atom is -0.469 e. The molecule has 0 aliphatic heterocycles. The molecule has 3 aromatic rings. The predicted octanol–water partition coefficient (Wildman–Crippen LogP) is 3.13. The second-order valence-corrected chi connectivity index (χ2v) is 5.10. The van der Waals surface area contributed by atoms with Crippen molar-refractivity contribution in [3.63, 3.8) is 0 Å². The molecular formula is C14H9Cl2N3O2. The molecule has 0 aliphatic carbocycles. The van der Waals surface area contributed by atoms with Crippen LogP contribution >= 0.6 is 23.2 Å². The van der Waals surface area contributed by atoms with Crippen molar-refractivity contribution in [2.24, 2.45) is 0 Å². The molecule has 0 saturated heterocycles. The second-order valence-electron chi connectivity index (χ2n) is 4.26. The average molecular weight is 322 g/mol. The van der Waals surface area contributed by atoms with Gasteiger partial charge in [0.05, 0.1) is 10.4 Å². The summed E-state index contributed by atoms with van der Waals surface area (Å²) in [5.41, 5.74) is 0.272. The van der Waals surface area contributed by atoms with Crippen LogP contribution in [0.25, 0.3) is 10.9 Å². The highest BCUT2D eigenvalue weighted by molar-refractivity contribution is 6.35. The minimum atomic E-state index is -0.273. The minimum absolute atomic E-state index is 0.0853. The van der Waals surface area contributed by atoms with Gasteiger partial charge in [0.1, 0.15) is 11.3 Å². The maximum Gasteiger partial charge on any atom is 0.280 e. The Balaban J connectivity index is 1.88. The molecule has 0 saturated carbocycles. The molecule has 7 heteroatoms. The van der Waals surface area contributed by atoms with Gasteiger partial charge in [-0.1, -0.05) is 40.5 Å². The summed E-state index contributed by atoms with van der Waals surface area (Å²) in [4.78, 5) is 12.2. The molecule has 0 spiro atoms. The molecule has 0 radical (unpaired) electrons. The van der Waals surface area contributed by atoms with Gasteiger partial charge in [-0.25, -0.2) is 0 Å². The summed E-state index contributed by atoms with van der Waals surface area (Å²) >= 11 is 11.8. The lowest BCUT2D eigenvalue weighted by Gasteiger charge is -2.09. The van der Waals surface area contributed by atoms with Crippen LogP contribution in [0.2, 0.25) is 10.0 Å². The second kappa shape index (κ2) is 5.71. The largest absolute Gasteiger partial charge is 0.469 e. The molecule has 2 aromatic carbocycles. The fourth-order valence-corrected chi connectivity index (χ4v) is 2.29. The standard InChI is InChI=1S/C14H9Cl2N3O2/c15-9-5-6-13(11(16)7-9)21-8-19-14(20)10-3-1-2-4-12(10)17-18-19/h1-7H,8H2. The van der Waals surface area contributed by atoms with E-state index in [1.807, 2.05) is 0 Å². The number of rotatable bonds is 3. The maximum absolute atomic E-state index is 12.2. The highest BCUT2D eigenvalue weighted by Crippen LogP contribution is 2.27. The van der Waals surface area contributed by atoms with Crippen LogP contribution in [0.5, 0.6) is 5.75 Å². The summed E-state index contributed by atoms with van der Waals surface area (Å²) < 4.78 is 6.61. The Labute approximate surface area is 129 Å². The van der Waals surface area contributed by atoms with E-state index < -0.39 is 0 Å². The molecule has 3 rings (SSSR count). The highest BCUT2D eigenvalue weighted by atomic mass is 35.5. The van der Waals surface area contributed by atoms with Crippen LogP contribution in [0.15, 0.2) is 47.3 Å². The Kier molecular flexibility index (Phi) is 3.77. The first-order chi connectivity index (χ1) is 10.1. The van der Waals surface area contributed by atoms with E-state index in [1.165, 1.54) is 0 Å². The Bertz CT molecular complexity index is 864. The van der Waals surface area contributed by atoms with Crippen LogP contribution in [0.4, 0.5) is 0 Å². The zero-order chi connectivity index (χ0) is 14.8. The van der Waals surface area contributed by atoms with Crippen LogP contribution in [0.1, 0.15) is 0 Å². The van der Waals surface area contributed by atoms with Gasteiger partial charge in [-0.3, -0.25) is 4.79 Å². The van der Waals surface area contributed by atoms with Crippen molar-refractivity contribution < 1.29 is 4.74 Å². The van der Waals surface area contributed by atoms with E-state index in [4.69, 9.17) is 27.9 Å². The lowest BCUT2D eigenvalue weighted by atomic mass is 10.2. The first-order valence-corrected chi connectivity index (χ1v) is 6.81. The number of aromatic nitrogens is 3. The monoisotopic (exact) mass is 321 g/mol. The van der Waals surface area contributed by atoms with Crippen molar-refractivity contribution in [2.75, 3.05) is 0 Å². The van der Waals surface area contributed by atoms with Gasteiger partial charge >= 0.3 is 0 Å². The van der Waals surface area contributed by atoms with E-state index in [-0.39, 0.29) is 12.3 Å². The molecule has 5 nitrogen and oxygen atoms in total. The van der Waals surface area contributed by atoms with Crippen molar-refractivity contribution >= 4 is 34.1 Å². The molecule has 1 aromatic heterocycles. The summed E-state index contributed by atoms with van der Waals surface area (Å²) in [5.74, 6) is 0.419. The van der Waals surface area contributed by atoms with Crippen LogP contribution in [0, 0.1) is 0 Å². The summed E-state index contributed by atoms with van der Waals surface area (Å²) in [6, 6.07) is 11.8. The van der Waals surface area contributed by atoms with Crippen molar-refractivity contribution in [2.45, 2.75) is 6.73 Å². The topological polar surface area (TPSA) is 57.0 Å². The third-order valence-corrected chi connectivity index (χ3v) is 3.40. The SMILES string of the molecule is O=c1c2ccccc2nnn1COc1ccc(Cl)cc1Cl. The predicted molar refractivity (Wildman–Crippen MR) is 80.9 cm³/mol. The number of halogens is 2. The highest BCUT2D eigenvalue weighted by Gasteiger charge is 2.07. The van der Waals surface area contributed by atoms with Gasteiger partial charge in [0.15, 0.2) is 6.73 Å². The lowest BCUT2D eigenvalue weighted by molar-refractivity contribution is 0.211. The summed E-state index contributed by atoms with van der Waals surface area (Å²) in [5, 5.41) is 9.16. The van der Waals surface area contributed by atoms with Gasteiger partial charge in [0.25, 0.3) is 5.56 Å². The van der Waals surface area contributed by atoms with Crippen LogP contribution < -0.4 is 10.3 Å². The van der Waals surface area contributed by atoms with Gasteiger partial charge in [0.2, 0.25) is 0 Å². The van der Waals surface area contributed by atoms with E-state index in [2.05, 4.69) is 10.3 Å². The van der Waals surface area contributed by atoms with E-state index >= 15 is 0 Å². The number of fused-ring (bicyclic) bond motifs is 1. The average Bonchev–Trinajstić information content (AvgIpc) is 2.48. The Morgan fingerprint density at radius 3 is 2.76 bits per heavy atom. The fourth-order valence-electron chi connectivity index (χ4n) is 1.83. The molecule has 21 heavy (non-hydrogen) atoms. The first-order valence-electron chi connectivity index (χ1n) is 6.05. The van der Waals surface area contributed by atoms with Crippen molar-refractivity contribution in [3.05, 3.63) is 62.9 Å². The number of benzene rings is 2. The van der Waals surface area contributed by atoms with Gasteiger partial charge in [-0.05, 0) is 30.3 Å². The summed E-state index contributed by atoms with van der Waals surface area (Å²) in [7, 11) is 0. The third-order valence-electron chi connectivity index (χ3n) is 2.87. The first kappa shape index (κ1) is 13.9. The molecule has 1 heterocycles. The molecule has 0 amide bonds. The van der Waals surface area contributed by atoms with Gasteiger partial charge in [0, 0.05) is 5.02 Å². The molecule has 106 valence electrons. The van der Waals surface area contributed by atoms with Gasteiger partial charge in [-0.15, -0.1) is 5.10 Å². The van der Waals surface area contributed by atoms with E-state index in [0.29, 0.717) is 26.7 Å². The van der Waals surface area contributed by atoms with Crippen LogP contribution in [-0.2, 0) is 6.73 Å². The number of nitrogens with zero attached hydrogens (tertiary/aromatic N) is 3. The zero-order valence-electron chi connectivity index (χ0n) is 10.7. The summed E-state index contributed by atoms with van der Waals surface area (Å²) in [6.45, 7) is -0.0853. The van der Waals surface area contributed by atoms with Crippen LogP contribution in [-0.4, -0.2) is 15.0 Å². The van der Waals surface area contributed by atoms with E-state index in [9.17, 15) is 4.79 Å². The molecular weight excluding hydrogens is 313 g/mol. The van der Waals surface area contributed by atoms with Crippen LogP contribution in [0.3, 0.4) is 0 Å². The Morgan fingerprint density at radius 1 is 1.14 bits per heavy atom. The van der Waals surface area contributed by atoms with Gasteiger partial charge < -0.3 is 4.74 Å². The normalized spacial score (nSPS) is 10.8. The molecule has 0 atom stereocenters. The zero-order valence-corrected chi connectivity index (χ0v) is 12.2. The smallest absolute Gasteiger partial charge is 0.280 e. The molecule has 0 N–H and O–H groups in total. The lowest BCUT2D eigenvalue weighted by Crippen LogP contribution is -2.26. The van der Waals surface area contributed by atoms with E-state index in [0.717, 1.165) is 4.68 Å².